The van der Waals surface area contributed by atoms with E-state index >= 15 is 0 Å². The van der Waals surface area contributed by atoms with Crippen molar-refractivity contribution in [2.24, 2.45) is 0 Å². The van der Waals surface area contributed by atoms with E-state index in [9.17, 15) is 12.8 Å². The first-order valence-electron chi connectivity index (χ1n) is 12.3. The van der Waals surface area contributed by atoms with Gasteiger partial charge in [0.05, 0.1) is 16.7 Å². The van der Waals surface area contributed by atoms with Crippen molar-refractivity contribution in [3.63, 3.8) is 0 Å². The quantitative estimate of drug-likeness (QED) is 0.253. The smallest absolute Gasteiger partial charge is 0.243 e. The van der Waals surface area contributed by atoms with Crippen LogP contribution in [0.1, 0.15) is 18.5 Å². The van der Waals surface area contributed by atoms with Gasteiger partial charge in [-0.15, -0.1) is 11.3 Å². The second-order valence-corrected chi connectivity index (χ2v) is 12.0. The Bertz CT molecular complexity index is 1660. The number of ether oxygens (including phenoxy) is 1. The van der Waals surface area contributed by atoms with Gasteiger partial charge in [0.2, 0.25) is 10.0 Å². The van der Waals surface area contributed by atoms with Crippen LogP contribution in [-0.4, -0.2) is 47.9 Å². The molecule has 0 amide bonds. The number of imidazole rings is 1. The highest BCUT2D eigenvalue weighted by atomic mass is 32.2. The van der Waals surface area contributed by atoms with E-state index in [0.717, 1.165) is 45.5 Å². The van der Waals surface area contributed by atoms with Crippen molar-refractivity contribution in [2.75, 3.05) is 19.7 Å². The summed E-state index contributed by atoms with van der Waals surface area (Å²) in [6.07, 6.45) is 4.15. The largest absolute Gasteiger partial charge is 0.377 e. The minimum Gasteiger partial charge on any atom is -0.377 e. The van der Waals surface area contributed by atoms with Gasteiger partial charge in [-0.25, -0.2) is 17.8 Å². The highest BCUT2D eigenvalue weighted by molar-refractivity contribution is 7.89. The van der Waals surface area contributed by atoms with E-state index in [0.29, 0.717) is 31.0 Å². The van der Waals surface area contributed by atoms with Gasteiger partial charge in [-0.2, -0.15) is 4.31 Å². The van der Waals surface area contributed by atoms with E-state index in [1.54, 1.807) is 28.6 Å². The van der Waals surface area contributed by atoms with Crippen molar-refractivity contribution < 1.29 is 17.5 Å². The van der Waals surface area contributed by atoms with Crippen LogP contribution in [0.5, 0.6) is 0 Å². The van der Waals surface area contributed by atoms with Gasteiger partial charge in [0.25, 0.3) is 0 Å². The number of aromatic nitrogens is 2. The minimum atomic E-state index is -3.73. The van der Waals surface area contributed by atoms with Crippen LogP contribution in [0.2, 0.25) is 0 Å². The lowest BCUT2D eigenvalue weighted by Crippen LogP contribution is -2.38. The van der Waals surface area contributed by atoms with Gasteiger partial charge in [-0.1, -0.05) is 30.3 Å². The average molecular weight is 536 g/mol. The van der Waals surface area contributed by atoms with Gasteiger partial charge in [0, 0.05) is 49.0 Å². The molecule has 1 fully saturated rings. The average Bonchev–Trinajstić information content (AvgIpc) is 3.65. The maximum Gasteiger partial charge on any atom is 0.243 e. The molecule has 9 heteroatoms. The van der Waals surface area contributed by atoms with E-state index in [1.165, 1.54) is 23.5 Å². The van der Waals surface area contributed by atoms with Crippen molar-refractivity contribution in [2.45, 2.75) is 30.3 Å². The summed E-state index contributed by atoms with van der Waals surface area (Å²) in [5.41, 5.74) is 2.57. The second kappa shape index (κ2) is 9.98. The van der Waals surface area contributed by atoms with Crippen LogP contribution in [-0.2, 0) is 21.2 Å². The molecule has 0 spiro atoms. The zero-order valence-corrected chi connectivity index (χ0v) is 21.7. The first-order chi connectivity index (χ1) is 18.0. The van der Waals surface area contributed by atoms with Crippen LogP contribution in [0.3, 0.4) is 0 Å². The van der Waals surface area contributed by atoms with Crippen molar-refractivity contribution >= 4 is 37.1 Å². The van der Waals surface area contributed by atoms with Crippen molar-refractivity contribution in [1.29, 1.82) is 0 Å². The first-order valence-corrected chi connectivity index (χ1v) is 14.6. The molecule has 1 unspecified atom stereocenters. The van der Waals surface area contributed by atoms with Gasteiger partial charge in [0.1, 0.15) is 5.82 Å². The molecular formula is C28H26FN3O3S2. The summed E-state index contributed by atoms with van der Waals surface area (Å²) in [4.78, 5) is 5.79. The number of hydrogen-bond donors (Lipinski definition) is 0. The number of nitrogens with zero attached hydrogens (tertiary/aromatic N) is 3. The second-order valence-electron chi connectivity index (χ2n) is 9.27. The summed E-state index contributed by atoms with van der Waals surface area (Å²) in [7, 11) is -3.73. The number of halogens is 1. The molecule has 1 aliphatic rings. The monoisotopic (exact) mass is 535 g/mol. The Morgan fingerprint density at radius 3 is 2.68 bits per heavy atom. The zero-order valence-electron chi connectivity index (χ0n) is 20.1. The fourth-order valence-corrected chi connectivity index (χ4v) is 7.23. The van der Waals surface area contributed by atoms with Crippen molar-refractivity contribution in [1.82, 2.24) is 13.7 Å². The van der Waals surface area contributed by atoms with Gasteiger partial charge in [-0.05, 0) is 60.0 Å². The predicted octanol–water partition coefficient (Wildman–Crippen LogP) is 5.77. The lowest BCUT2D eigenvalue weighted by Gasteiger charge is -2.25. The van der Waals surface area contributed by atoms with E-state index in [4.69, 9.17) is 4.74 Å². The Balaban J connectivity index is 1.28. The number of fused-ring (bicyclic) bond motifs is 2. The molecule has 190 valence electrons. The summed E-state index contributed by atoms with van der Waals surface area (Å²) in [6.45, 7) is 1.32. The lowest BCUT2D eigenvalue weighted by atomic mass is 10.1. The molecule has 1 saturated heterocycles. The molecule has 0 bridgehead atoms. The maximum absolute atomic E-state index is 13.8. The number of sulfonamides is 1. The zero-order chi connectivity index (χ0) is 25.4. The summed E-state index contributed by atoms with van der Waals surface area (Å²) in [6, 6.07) is 19.3. The number of hydrogen-bond acceptors (Lipinski definition) is 5. The number of benzene rings is 3. The molecule has 2 aromatic heterocycles. The molecule has 3 heterocycles. The molecule has 1 aliphatic heterocycles. The van der Waals surface area contributed by atoms with E-state index in [2.05, 4.69) is 4.98 Å². The lowest BCUT2D eigenvalue weighted by molar-refractivity contribution is 0.0939. The number of rotatable bonds is 8. The SMILES string of the molecule is O=S(=O)(c1ccc2ccccc2c1)N(CCc1csc2nc(-c3ccc(F)cc3)cn12)CC1CCCO1. The molecule has 1 atom stereocenters. The summed E-state index contributed by atoms with van der Waals surface area (Å²) in [5, 5.41) is 3.92. The third-order valence-electron chi connectivity index (χ3n) is 6.83. The first kappa shape index (κ1) is 24.2. The van der Waals surface area contributed by atoms with Gasteiger partial charge in [0.15, 0.2) is 4.96 Å². The maximum atomic E-state index is 13.8. The number of thiazole rings is 1. The van der Waals surface area contributed by atoms with Crippen LogP contribution in [0.15, 0.2) is 83.2 Å². The van der Waals surface area contributed by atoms with Crippen LogP contribution in [0, 0.1) is 5.82 Å². The predicted molar refractivity (Wildman–Crippen MR) is 144 cm³/mol. The highest BCUT2D eigenvalue weighted by Crippen LogP contribution is 2.27. The Morgan fingerprint density at radius 1 is 1.08 bits per heavy atom. The van der Waals surface area contributed by atoms with Crippen molar-refractivity contribution in [3.8, 4) is 11.3 Å². The molecule has 0 radical (unpaired) electrons. The fraction of sp³-hybridized carbons (Fsp3) is 0.250. The molecule has 6 nitrogen and oxygen atoms in total. The van der Waals surface area contributed by atoms with Gasteiger partial charge in [-0.3, -0.25) is 4.40 Å². The summed E-state index contributed by atoms with van der Waals surface area (Å²) in [5.74, 6) is -0.288. The molecule has 6 rings (SSSR count). The summed E-state index contributed by atoms with van der Waals surface area (Å²) >= 11 is 1.51. The molecule has 37 heavy (non-hydrogen) atoms. The Labute approximate surface area is 219 Å². The molecule has 0 N–H and O–H groups in total. The Morgan fingerprint density at radius 2 is 1.89 bits per heavy atom. The molecule has 0 aliphatic carbocycles. The van der Waals surface area contributed by atoms with Gasteiger partial charge >= 0.3 is 0 Å². The Hall–Kier alpha value is -3.11. The fourth-order valence-electron chi connectivity index (χ4n) is 4.81. The minimum absolute atomic E-state index is 0.101. The van der Waals surface area contributed by atoms with Crippen LogP contribution in [0.4, 0.5) is 4.39 Å². The molecule has 0 saturated carbocycles. The third kappa shape index (κ3) is 4.92. The van der Waals surface area contributed by atoms with Crippen molar-refractivity contribution in [3.05, 3.63) is 89.8 Å². The summed E-state index contributed by atoms with van der Waals surface area (Å²) < 4.78 is 50.4. The van der Waals surface area contributed by atoms with Gasteiger partial charge < -0.3 is 4.74 Å². The third-order valence-corrected chi connectivity index (χ3v) is 9.58. The molecular weight excluding hydrogens is 509 g/mol. The van der Waals surface area contributed by atoms with E-state index < -0.39 is 10.0 Å². The molecule has 5 aromatic rings. The normalized spacial score (nSPS) is 16.3. The van der Waals surface area contributed by atoms with Crippen LogP contribution in [0.25, 0.3) is 27.0 Å². The van der Waals surface area contributed by atoms with Crippen LogP contribution < -0.4 is 0 Å². The standard InChI is InChI=1S/C28H26FN3O3S2/c29-23-10-7-21(8-11-23)27-18-32-24(19-36-28(32)30-27)13-14-31(17-25-6-3-15-35-25)37(33,34)26-12-9-20-4-1-2-5-22(20)16-26/h1-2,4-5,7-12,16,18-19,25H,3,6,13-15,17H2. The van der Waals surface area contributed by atoms with Crippen LogP contribution >= 0.6 is 11.3 Å². The Kier molecular flexibility index (Phi) is 6.54. The topological polar surface area (TPSA) is 63.9 Å². The highest BCUT2D eigenvalue weighted by Gasteiger charge is 2.29. The molecule has 3 aromatic carbocycles. The van der Waals surface area contributed by atoms with E-state index in [1.807, 2.05) is 46.3 Å². The van der Waals surface area contributed by atoms with E-state index in [-0.39, 0.29) is 11.9 Å².